The van der Waals surface area contributed by atoms with Gasteiger partial charge in [-0.25, -0.2) is 0 Å². The fraction of sp³-hybridized carbons (Fsp3) is 0.586. The Labute approximate surface area is 198 Å². The summed E-state index contributed by atoms with van der Waals surface area (Å²) in [5, 5.41) is 2.68. The van der Waals surface area contributed by atoms with Crippen LogP contribution in [0.4, 0.5) is 0 Å². The van der Waals surface area contributed by atoms with Gasteiger partial charge in [0, 0.05) is 10.3 Å². The molecular formula is C29H44ClP. The van der Waals surface area contributed by atoms with E-state index < -0.39 is 7.92 Å². The zero-order chi connectivity index (χ0) is 23.4. The Bertz CT molecular complexity index is 826. The first kappa shape index (κ1) is 26.4. The minimum atomic E-state index is -0.493. The standard InChI is InChI=1S/C29H44ClP/c1-10-14-21-19-22(15-11-2)26(23(20-21)16-12-3)24-17-13-18-25(30)27(24)31(28(4,5)6)29(7,8)9/h13,17-20H,10-12,14-16H2,1-9H3. The van der Waals surface area contributed by atoms with Crippen molar-refractivity contribution in [2.75, 3.05) is 0 Å². The Morgan fingerprint density at radius 3 is 1.65 bits per heavy atom. The van der Waals surface area contributed by atoms with E-state index in [-0.39, 0.29) is 10.3 Å². The molecule has 0 amide bonds. The largest absolute Gasteiger partial charge is 0.0836 e. The third-order valence-corrected chi connectivity index (χ3v) is 9.82. The molecule has 0 aromatic heterocycles. The molecule has 0 aliphatic heterocycles. The monoisotopic (exact) mass is 458 g/mol. The maximum Gasteiger partial charge on any atom is 0.0489 e. The molecule has 0 N–H and O–H groups in total. The van der Waals surface area contributed by atoms with E-state index in [0.717, 1.165) is 37.1 Å². The Morgan fingerprint density at radius 1 is 0.742 bits per heavy atom. The van der Waals surface area contributed by atoms with Crippen molar-refractivity contribution >= 4 is 24.8 Å². The summed E-state index contributed by atoms with van der Waals surface area (Å²) < 4.78 is 0. The fourth-order valence-corrected chi connectivity index (χ4v) is 9.67. The van der Waals surface area contributed by atoms with Gasteiger partial charge in [0.05, 0.1) is 0 Å². The highest BCUT2D eigenvalue weighted by Gasteiger charge is 2.38. The summed E-state index contributed by atoms with van der Waals surface area (Å²) in [6.45, 7) is 21.2. The van der Waals surface area contributed by atoms with Gasteiger partial charge in [-0.3, -0.25) is 0 Å². The van der Waals surface area contributed by atoms with E-state index in [1.165, 1.54) is 39.5 Å². The maximum atomic E-state index is 7.04. The third kappa shape index (κ3) is 6.36. The second kappa shape index (κ2) is 10.9. The molecule has 0 fully saturated rings. The summed E-state index contributed by atoms with van der Waals surface area (Å²) in [7, 11) is -0.493. The fourth-order valence-electron chi connectivity index (χ4n) is 5.17. The van der Waals surface area contributed by atoms with Crippen molar-refractivity contribution in [3.63, 3.8) is 0 Å². The summed E-state index contributed by atoms with van der Waals surface area (Å²) in [6, 6.07) is 11.6. The molecule has 0 saturated heterocycles. The smallest absolute Gasteiger partial charge is 0.0489 e. The average Bonchev–Trinajstić information content (AvgIpc) is 2.62. The van der Waals surface area contributed by atoms with Crippen LogP contribution in [-0.2, 0) is 19.3 Å². The SMILES string of the molecule is CCCc1cc(CCC)c(-c2cccc(Cl)c2P(C(C)(C)C)C(C)(C)C)c(CCC)c1. The van der Waals surface area contributed by atoms with Gasteiger partial charge in [0.25, 0.3) is 0 Å². The number of halogens is 1. The van der Waals surface area contributed by atoms with Gasteiger partial charge in [0.2, 0.25) is 0 Å². The summed E-state index contributed by atoms with van der Waals surface area (Å²) in [4.78, 5) is 0. The molecule has 0 saturated carbocycles. The van der Waals surface area contributed by atoms with Crippen LogP contribution in [0.1, 0.15) is 98.3 Å². The van der Waals surface area contributed by atoms with Crippen molar-refractivity contribution < 1.29 is 0 Å². The summed E-state index contributed by atoms with van der Waals surface area (Å²) >= 11 is 7.04. The lowest BCUT2D eigenvalue weighted by Gasteiger charge is -2.43. The first-order valence-corrected chi connectivity index (χ1v) is 13.9. The van der Waals surface area contributed by atoms with Crippen molar-refractivity contribution in [2.45, 2.75) is 111 Å². The first-order chi connectivity index (χ1) is 14.5. The Hall–Kier alpha value is -0.840. The molecule has 31 heavy (non-hydrogen) atoms. The van der Waals surface area contributed by atoms with E-state index in [4.69, 9.17) is 11.6 Å². The Balaban J connectivity index is 2.92. The van der Waals surface area contributed by atoms with Gasteiger partial charge in [0.15, 0.2) is 0 Å². The number of benzene rings is 2. The number of rotatable bonds is 8. The van der Waals surface area contributed by atoms with Crippen molar-refractivity contribution in [2.24, 2.45) is 0 Å². The summed E-state index contributed by atoms with van der Waals surface area (Å²) in [5.74, 6) is 0. The topological polar surface area (TPSA) is 0 Å². The quantitative estimate of drug-likeness (QED) is 0.345. The highest BCUT2D eigenvalue weighted by molar-refractivity contribution is 7.69. The molecule has 172 valence electrons. The van der Waals surface area contributed by atoms with Crippen LogP contribution in [0.3, 0.4) is 0 Å². The normalized spacial score (nSPS) is 12.6. The highest BCUT2D eigenvalue weighted by Crippen LogP contribution is 2.60. The minimum Gasteiger partial charge on any atom is -0.0836 e. The molecule has 2 heteroatoms. The van der Waals surface area contributed by atoms with Crippen LogP contribution in [0, 0.1) is 0 Å². The van der Waals surface area contributed by atoms with Crippen LogP contribution >= 0.6 is 19.5 Å². The second-order valence-electron chi connectivity index (χ2n) is 10.9. The lowest BCUT2D eigenvalue weighted by atomic mass is 9.87. The van der Waals surface area contributed by atoms with E-state index in [0.29, 0.717) is 0 Å². The molecule has 0 aliphatic rings. The molecule has 0 radical (unpaired) electrons. The number of aryl methyl sites for hydroxylation is 3. The predicted molar refractivity (Wildman–Crippen MR) is 145 cm³/mol. The van der Waals surface area contributed by atoms with Gasteiger partial charge >= 0.3 is 0 Å². The zero-order valence-corrected chi connectivity index (χ0v) is 23.1. The lowest BCUT2D eigenvalue weighted by Crippen LogP contribution is -2.32. The number of hydrogen-bond donors (Lipinski definition) is 0. The molecule has 0 atom stereocenters. The van der Waals surface area contributed by atoms with Crippen LogP contribution in [0.2, 0.25) is 5.02 Å². The van der Waals surface area contributed by atoms with Crippen molar-refractivity contribution in [1.82, 2.24) is 0 Å². The molecule has 2 aromatic rings. The van der Waals surface area contributed by atoms with Crippen LogP contribution in [-0.4, -0.2) is 10.3 Å². The summed E-state index contributed by atoms with van der Waals surface area (Å²) in [6.07, 6.45) is 6.93. The van der Waals surface area contributed by atoms with Crippen LogP contribution in [0.5, 0.6) is 0 Å². The Kier molecular flexibility index (Phi) is 9.25. The zero-order valence-electron chi connectivity index (χ0n) is 21.5. The second-order valence-corrected chi connectivity index (χ2v) is 15.1. The van der Waals surface area contributed by atoms with Gasteiger partial charge in [-0.15, -0.1) is 0 Å². The van der Waals surface area contributed by atoms with Gasteiger partial charge in [-0.2, -0.15) is 0 Å². The van der Waals surface area contributed by atoms with Gasteiger partial charge in [0.1, 0.15) is 0 Å². The summed E-state index contributed by atoms with van der Waals surface area (Å²) in [5.41, 5.74) is 7.38. The molecule has 0 bridgehead atoms. The molecule has 0 heterocycles. The van der Waals surface area contributed by atoms with Crippen molar-refractivity contribution in [1.29, 1.82) is 0 Å². The van der Waals surface area contributed by atoms with E-state index in [9.17, 15) is 0 Å². The van der Waals surface area contributed by atoms with E-state index in [2.05, 4.69) is 92.6 Å². The van der Waals surface area contributed by atoms with E-state index in [1.54, 1.807) is 0 Å². The molecule has 0 spiro atoms. The van der Waals surface area contributed by atoms with Gasteiger partial charge in [-0.1, -0.05) is 125 Å². The minimum absolute atomic E-state index is 0.172. The molecule has 2 aromatic carbocycles. The van der Waals surface area contributed by atoms with Gasteiger partial charge < -0.3 is 0 Å². The van der Waals surface area contributed by atoms with Crippen LogP contribution in [0.15, 0.2) is 30.3 Å². The van der Waals surface area contributed by atoms with E-state index >= 15 is 0 Å². The molecule has 2 rings (SSSR count). The Morgan fingerprint density at radius 2 is 1.23 bits per heavy atom. The molecule has 0 nitrogen and oxygen atoms in total. The third-order valence-electron chi connectivity index (χ3n) is 5.76. The maximum absolute atomic E-state index is 7.04. The lowest BCUT2D eigenvalue weighted by molar-refractivity contribution is 0.715. The predicted octanol–water partition coefficient (Wildman–Crippen LogP) is 9.57. The van der Waals surface area contributed by atoms with E-state index in [1.807, 2.05) is 0 Å². The van der Waals surface area contributed by atoms with Gasteiger partial charge in [-0.05, 0) is 63.5 Å². The molecule has 0 aliphatic carbocycles. The van der Waals surface area contributed by atoms with Crippen molar-refractivity contribution in [3.8, 4) is 11.1 Å². The molecule has 0 unspecified atom stereocenters. The molecular weight excluding hydrogens is 415 g/mol. The number of hydrogen-bond acceptors (Lipinski definition) is 0. The van der Waals surface area contributed by atoms with Crippen LogP contribution in [0.25, 0.3) is 11.1 Å². The van der Waals surface area contributed by atoms with Crippen molar-refractivity contribution in [3.05, 3.63) is 52.0 Å². The van der Waals surface area contributed by atoms with Crippen LogP contribution < -0.4 is 5.30 Å². The highest BCUT2D eigenvalue weighted by atomic mass is 35.5. The first-order valence-electron chi connectivity index (χ1n) is 12.2. The average molecular weight is 459 g/mol.